The second-order valence-corrected chi connectivity index (χ2v) is 5.74. The van der Waals surface area contributed by atoms with Gasteiger partial charge in [0.1, 0.15) is 22.7 Å². The van der Waals surface area contributed by atoms with Gasteiger partial charge >= 0.3 is 0 Å². The van der Waals surface area contributed by atoms with Crippen LogP contribution in [0.2, 0.25) is 0 Å². The molecule has 1 aliphatic heterocycles. The zero-order valence-corrected chi connectivity index (χ0v) is 13.3. The van der Waals surface area contributed by atoms with E-state index in [9.17, 15) is 5.11 Å². The maximum absolute atomic E-state index is 9.52. The van der Waals surface area contributed by atoms with Gasteiger partial charge in [-0.3, -0.25) is 0 Å². The number of phenolic OH excluding ortho intramolecular Hbond substituents is 1. The lowest BCUT2D eigenvalue weighted by molar-refractivity contribution is 0.255. The van der Waals surface area contributed by atoms with Crippen LogP contribution in [0.15, 0.2) is 48.5 Å². The monoisotopic (exact) mass is 298 g/mol. The number of phenols is 1. The van der Waals surface area contributed by atoms with Gasteiger partial charge in [-0.15, -0.1) is 0 Å². The SMILES string of the molecule is CCC1(c2ccc(O)cc2)OC1(CC)c1ccc(OC)cc1. The molecule has 116 valence electrons. The van der Waals surface area contributed by atoms with Crippen LogP contribution in [0.25, 0.3) is 0 Å². The van der Waals surface area contributed by atoms with Crippen molar-refractivity contribution < 1.29 is 14.6 Å². The van der Waals surface area contributed by atoms with Crippen molar-refractivity contribution in [3.63, 3.8) is 0 Å². The van der Waals surface area contributed by atoms with Crippen LogP contribution in [0.4, 0.5) is 0 Å². The van der Waals surface area contributed by atoms with Gasteiger partial charge in [-0.2, -0.15) is 0 Å². The molecule has 3 nitrogen and oxygen atoms in total. The highest BCUT2D eigenvalue weighted by Gasteiger charge is 2.69. The minimum Gasteiger partial charge on any atom is -0.508 e. The van der Waals surface area contributed by atoms with Gasteiger partial charge in [-0.25, -0.2) is 0 Å². The van der Waals surface area contributed by atoms with Crippen LogP contribution in [-0.4, -0.2) is 12.2 Å². The molecule has 0 aromatic heterocycles. The van der Waals surface area contributed by atoms with Crippen molar-refractivity contribution in [1.82, 2.24) is 0 Å². The standard InChI is InChI=1S/C19H22O3/c1-4-18(14-6-10-16(20)11-7-14)19(5-2,22-18)15-8-12-17(21-3)13-9-15/h6-13,20H,4-5H2,1-3H3. The van der Waals surface area contributed by atoms with E-state index in [1.165, 1.54) is 5.56 Å². The summed E-state index contributed by atoms with van der Waals surface area (Å²) in [5.74, 6) is 1.13. The smallest absolute Gasteiger partial charge is 0.127 e. The lowest BCUT2D eigenvalue weighted by atomic mass is 9.78. The number of ether oxygens (including phenoxy) is 2. The molecular weight excluding hydrogens is 276 g/mol. The van der Waals surface area contributed by atoms with Crippen LogP contribution in [0.1, 0.15) is 37.8 Å². The Bertz CT molecular complexity index is 647. The summed E-state index contributed by atoms with van der Waals surface area (Å²) in [4.78, 5) is 0. The van der Waals surface area contributed by atoms with E-state index in [1.54, 1.807) is 19.2 Å². The molecule has 2 atom stereocenters. The quantitative estimate of drug-likeness (QED) is 0.835. The van der Waals surface area contributed by atoms with Gasteiger partial charge < -0.3 is 14.6 Å². The van der Waals surface area contributed by atoms with E-state index < -0.39 is 0 Å². The van der Waals surface area contributed by atoms with Crippen molar-refractivity contribution in [2.24, 2.45) is 0 Å². The van der Waals surface area contributed by atoms with E-state index >= 15 is 0 Å². The summed E-state index contributed by atoms with van der Waals surface area (Å²) >= 11 is 0. The Balaban J connectivity index is 2.01. The zero-order valence-electron chi connectivity index (χ0n) is 13.3. The fourth-order valence-electron chi connectivity index (χ4n) is 3.57. The fraction of sp³-hybridized carbons (Fsp3) is 0.368. The molecule has 0 saturated carbocycles. The largest absolute Gasteiger partial charge is 0.508 e. The predicted octanol–water partition coefficient (Wildman–Crippen LogP) is 4.34. The van der Waals surface area contributed by atoms with E-state index in [-0.39, 0.29) is 17.0 Å². The third-order valence-electron chi connectivity index (χ3n) is 4.84. The molecule has 0 radical (unpaired) electrons. The van der Waals surface area contributed by atoms with Gasteiger partial charge in [0.2, 0.25) is 0 Å². The van der Waals surface area contributed by atoms with Gasteiger partial charge in [0.15, 0.2) is 0 Å². The average molecular weight is 298 g/mol. The van der Waals surface area contributed by atoms with Gasteiger partial charge in [0.05, 0.1) is 7.11 Å². The predicted molar refractivity (Wildman–Crippen MR) is 86.1 cm³/mol. The Morgan fingerprint density at radius 1 is 0.864 bits per heavy atom. The summed E-state index contributed by atoms with van der Waals surface area (Å²) in [5, 5.41) is 9.52. The van der Waals surface area contributed by atoms with E-state index in [0.717, 1.165) is 24.2 Å². The van der Waals surface area contributed by atoms with Crippen LogP contribution < -0.4 is 4.74 Å². The number of rotatable bonds is 5. The van der Waals surface area contributed by atoms with Gasteiger partial charge in [0.25, 0.3) is 0 Å². The maximum Gasteiger partial charge on any atom is 0.127 e. The minimum atomic E-state index is -0.315. The van der Waals surface area contributed by atoms with Crippen molar-refractivity contribution >= 4 is 0 Å². The normalized spacial score (nSPS) is 26.7. The first kappa shape index (κ1) is 14.9. The molecule has 1 fully saturated rings. The van der Waals surface area contributed by atoms with Crippen molar-refractivity contribution in [1.29, 1.82) is 0 Å². The molecule has 1 saturated heterocycles. The number of hydrogen-bond donors (Lipinski definition) is 1. The second kappa shape index (κ2) is 5.33. The molecule has 0 amide bonds. The third-order valence-corrected chi connectivity index (χ3v) is 4.84. The third kappa shape index (κ3) is 2.00. The van der Waals surface area contributed by atoms with Crippen LogP contribution in [-0.2, 0) is 15.9 Å². The molecule has 22 heavy (non-hydrogen) atoms. The van der Waals surface area contributed by atoms with E-state index in [0.29, 0.717) is 0 Å². The summed E-state index contributed by atoms with van der Waals surface area (Å²) in [6.07, 6.45) is 1.78. The Kier molecular flexibility index (Phi) is 3.61. The number of epoxide rings is 1. The minimum absolute atomic E-state index is 0.280. The maximum atomic E-state index is 9.52. The molecule has 2 unspecified atom stereocenters. The van der Waals surface area contributed by atoms with E-state index in [4.69, 9.17) is 9.47 Å². The van der Waals surface area contributed by atoms with Gasteiger partial charge in [-0.05, 0) is 48.2 Å². The molecule has 0 aliphatic carbocycles. The molecule has 3 heteroatoms. The second-order valence-electron chi connectivity index (χ2n) is 5.74. The summed E-state index contributed by atoms with van der Waals surface area (Å²) in [5.41, 5.74) is 1.67. The van der Waals surface area contributed by atoms with Crippen molar-refractivity contribution in [2.45, 2.75) is 37.9 Å². The Morgan fingerprint density at radius 3 is 1.73 bits per heavy atom. The van der Waals surface area contributed by atoms with Crippen LogP contribution in [0.3, 0.4) is 0 Å². The molecular formula is C19H22O3. The first-order chi connectivity index (χ1) is 10.6. The highest BCUT2D eigenvalue weighted by atomic mass is 16.6. The molecule has 0 bridgehead atoms. The van der Waals surface area contributed by atoms with Crippen LogP contribution >= 0.6 is 0 Å². The summed E-state index contributed by atoms with van der Waals surface area (Å²) in [6.45, 7) is 4.30. The van der Waals surface area contributed by atoms with Gasteiger partial charge in [-0.1, -0.05) is 38.1 Å². The average Bonchev–Trinajstić information content (AvgIpc) is 3.26. The first-order valence-electron chi connectivity index (χ1n) is 7.76. The summed E-state index contributed by atoms with van der Waals surface area (Å²) in [6, 6.07) is 15.5. The number of aromatic hydroxyl groups is 1. The highest BCUT2D eigenvalue weighted by Crippen LogP contribution is 2.66. The molecule has 1 aliphatic rings. The molecule has 1 heterocycles. The van der Waals surface area contributed by atoms with Crippen molar-refractivity contribution in [3.8, 4) is 11.5 Å². The van der Waals surface area contributed by atoms with E-state index in [1.807, 2.05) is 24.3 Å². The highest BCUT2D eigenvalue weighted by molar-refractivity contribution is 5.44. The zero-order chi connectivity index (χ0) is 15.8. The van der Waals surface area contributed by atoms with Crippen molar-refractivity contribution in [2.75, 3.05) is 7.11 Å². The molecule has 0 spiro atoms. The van der Waals surface area contributed by atoms with E-state index in [2.05, 4.69) is 26.0 Å². The molecule has 2 aromatic rings. The molecule has 2 aromatic carbocycles. The summed E-state index contributed by atoms with van der Waals surface area (Å²) < 4.78 is 11.6. The fourth-order valence-corrected chi connectivity index (χ4v) is 3.57. The number of methoxy groups -OCH3 is 1. The molecule has 3 rings (SSSR count). The first-order valence-corrected chi connectivity index (χ1v) is 7.76. The Labute approximate surface area is 131 Å². The lowest BCUT2D eigenvalue weighted by Crippen LogP contribution is -2.21. The van der Waals surface area contributed by atoms with Crippen LogP contribution in [0, 0.1) is 0 Å². The Hall–Kier alpha value is -2.00. The topological polar surface area (TPSA) is 42.0 Å². The summed E-state index contributed by atoms with van der Waals surface area (Å²) in [7, 11) is 1.67. The number of benzene rings is 2. The number of hydrogen-bond acceptors (Lipinski definition) is 3. The lowest BCUT2D eigenvalue weighted by Gasteiger charge is -2.19. The molecule has 1 N–H and O–H groups in total. The van der Waals surface area contributed by atoms with Crippen molar-refractivity contribution in [3.05, 3.63) is 59.7 Å². The van der Waals surface area contributed by atoms with Gasteiger partial charge in [0, 0.05) is 0 Å². The van der Waals surface area contributed by atoms with Crippen LogP contribution in [0.5, 0.6) is 11.5 Å². The Morgan fingerprint density at radius 2 is 1.32 bits per heavy atom.